The molecule has 1 unspecified atom stereocenters. The molecule has 2 rings (SSSR count). The van der Waals surface area contributed by atoms with Crippen LogP contribution in [0.5, 0.6) is 0 Å². The Morgan fingerprint density at radius 3 is 2.44 bits per heavy atom. The quantitative estimate of drug-likeness (QED) is 0.606. The molecule has 140 valence electrons. The molecule has 0 heterocycles. The highest BCUT2D eigenvalue weighted by Gasteiger charge is 2.35. The molecule has 0 radical (unpaired) electrons. The number of ketones is 1. The molecule has 2 nitrogen and oxygen atoms in total. The molecule has 0 spiro atoms. The highest BCUT2D eigenvalue weighted by Crippen LogP contribution is 2.36. The van der Waals surface area contributed by atoms with Crippen LogP contribution in [0.15, 0.2) is 12.1 Å². The van der Waals surface area contributed by atoms with Crippen LogP contribution >= 0.6 is 0 Å². The van der Waals surface area contributed by atoms with E-state index in [0.717, 1.165) is 6.54 Å². The SMILES string of the molecule is CCCC(=O)c1cc(C(C)NCC2CCC2)cc(C(F)(F)F)c1CC. The van der Waals surface area contributed by atoms with E-state index in [2.05, 4.69) is 5.32 Å². The average Bonchev–Trinajstić information content (AvgIpc) is 2.51. The standard InChI is InChI=1S/C20H28F3NO/c1-4-7-19(25)17-10-15(13(3)24-12-14-8-6-9-14)11-18(16(17)5-2)20(21,22)23/h10-11,13-14,24H,4-9,12H2,1-3H3. The molecule has 1 aliphatic rings. The van der Waals surface area contributed by atoms with Crippen molar-refractivity contribution in [3.05, 3.63) is 34.4 Å². The molecule has 5 heteroatoms. The summed E-state index contributed by atoms with van der Waals surface area (Å²) in [6.45, 7) is 6.22. The van der Waals surface area contributed by atoms with Crippen LogP contribution in [0.4, 0.5) is 13.2 Å². The fourth-order valence-corrected chi connectivity index (χ4v) is 3.35. The Balaban J connectivity index is 2.37. The summed E-state index contributed by atoms with van der Waals surface area (Å²) in [5, 5.41) is 3.34. The predicted molar refractivity (Wildman–Crippen MR) is 93.8 cm³/mol. The molecular weight excluding hydrogens is 327 g/mol. The summed E-state index contributed by atoms with van der Waals surface area (Å²) in [6, 6.07) is 2.69. The first-order valence-corrected chi connectivity index (χ1v) is 9.28. The van der Waals surface area contributed by atoms with Crippen LogP contribution in [0.25, 0.3) is 0 Å². The molecule has 0 aliphatic heterocycles. The summed E-state index contributed by atoms with van der Waals surface area (Å²) >= 11 is 0. The van der Waals surface area contributed by atoms with Crippen molar-refractivity contribution in [1.82, 2.24) is 5.32 Å². The maximum atomic E-state index is 13.6. The summed E-state index contributed by atoms with van der Waals surface area (Å²) in [5.41, 5.74) is 0.250. The number of carbonyl (C=O) groups is 1. The van der Waals surface area contributed by atoms with Crippen LogP contribution < -0.4 is 5.32 Å². The van der Waals surface area contributed by atoms with Gasteiger partial charge in [-0.05, 0) is 68.3 Å². The van der Waals surface area contributed by atoms with Crippen molar-refractivity contribution in [3.8, 4) is 0 Å². The lowest BCUT2D eigenvalue weighted by atomic mass is 9.85. The van der Waals surface area contributed by atoms with Gasteiger partial charge in [0.15, 0.2) is 5.78 Å². The van der Waals surface area contributed by atoms with Crippen LogP contribution in [0.2, 0.25) is 0 Å². The largest absolute Gasteiger partial charge is 0.416 e. The van der Waals surface area contributed by atoms with E-state index in [1.165, 1.54) is 25.3 Å². The molecule has 0 saturated heterocycles. The van der Waals surface area contributed by atoms with E-state index in [-0.39, 0.29) is 35.8 Å². The third-order valence-electron chi connectivity index (χ3n) is 5.15. The Morgan fingerprint density at radius 1 is 1.28 bits per heavy atom. The lowest BCUT2D eigenvalue weighted by molar-refractivity contribution is -0.138. The predicted octanol–water partition coefficient (Wildman–Crippen LogP) is 5.70. The van der Waals surface area contributed by atoms with E-state index in [0.29, 0.717) is 17.9 Å². The zero-order valence-electron chi connectivity index (χ0n) is 15.3. The van der Waals surface area contributed by atoms with Gasteiger partial charge in [-0.2, -0.15) is 13.2 Å². The Hall–Kier alpha value is -1.36. The van der Waals surface area contributed by atoms with E-state index in [9.17, 15) is 18.0 Å². The third kappa shape index (κ3) is 4.84. The number of rotatable bonds is 8. The average molecular weight is 355 g/mol. The molecule has 1 atom stereocenters. The molecule has 1 aromatic carbocycles. The minimum absolute atomic E-state index is 0.126. The fraction of sp³-hybridized carbons (Fsp3) is 0.650. The van der Waals surface area contributed by atoms with Crippen LogP contribution in [-0.2, 0) is 12.6 Å². The maximum Gasteiger partial charge on any atom is 0.416 e. The van der Waals surface area contributed by atoms with Crippen LogP contribution in [-0.4, -0.2) is 12.3 Å². The topological polar surface area (TPSA) is 29.1 Å². The molecule has 1 saturated carbocycles. The summed E-state index contributed by atoms with van der Waals surface area (Å²) < 4.78 is 40.7. The van der Waals surface area contributed by atoms with Gasteiger partial charge in [0.1, 0.15) is 0 Å². The first kappa shape index (κ1) is 20.0. The molecule has 1 aliphatic carbocycles. The van der Waals surface area contributed by atoms with Gasteiger partial charge in [-0.3, -0.25) is 4.79 Å². The van der Waals surface area contributed by atoms with Gasteiger partial charge in [0.25, 0.3) is 0 Å². The Kier molecular flexibility index (Phi) is 6.66. The van der Waals surface area contributed by atoms with Gasteiger partial charge in [-0.25, -0.2) is 0 Å². The number of hydrogen-bond donors (Lipinski definition) is 1. The Bertz CT molecular complexity index is 606. The molecule has 1 fully saturated rings. The van der Waals surface area contributed by atoms with Gasteiger partial charge in [0, 0.05) is 18.0 Å². The second kappa shape index (κ2) is 8.35. The van der Waals surface area contributed by atoms with Crippen molar-refractivity contribution in [3.63, 3.8) is 0 Å². The highest BCUT2D eigenvalue weighted by atomic mass is 19.4. The van der Waals surface area contributed by atoms with E-state index >= 15 is 0 Å². The number of carbonyl (C=O) groups excluding carboxylic acids is 1. The molecule has 0 bridgehead atoms. The van der Waals surface area contributed by atoms with Crippen LogP contribution in [0.1, 0.15) is 86.0 Å². The van der Waals surface area contributed by atoms with Crippen molar-refractivity contribution >= 4 is 5.78 Å². The van der Waals surface area contributed by atoms with E-state index in [1.54, 1.807) is 13.0 Å². The van der Waals surface area contributed by atoms with Gasteiger partial charge in [0.05, 0.1) is 5.56 Å². The summed E-state index contributed by atoms with van der Waals surface area (Å²) in [7, 11) is 0. The highest BCUT2D eigenvalue weighted by molar-refractivity contribution is 5.98. The van der Waals surface area contributed by atoms with Gasteiger partial charge < -0.3 is 5.32 Å². The number of halogens is 3. The fourth-order valence-electron chi connectivity index (χ4n) is 3.35. The monoisotopic (exact) mass is 355 g/mol. The summed E-state index contributed by atoms with van der Waals surface area (Å²) in [4.78, 5) is 12.4. The van der Waals surface area contributed by atoms with Crippen molar-refractivity contribution in [1.29, 1.82) is 0 Å². The minimum Gasteiger partial charge on any atom is -0.310 e. The van der Waals surface area contributed by atoms with E-state index in [1.807, 2.05) is 13.8 Å². The minimum atomic E-state index is -4.45. The molecule has 1 aromatic rings. The van der Waals surface area contributed by atoms with Crippen molar-refractivity contribution in [2.75, 3.05) is 6.54 Å². The zero-order valence-corrected chi connectivity index (χ0v) is 15.3. The van der Waals surface area contributed by atoms with Crippen LogP contribution in [0.3, 0.4) is 0 Å². The van der Waals surface area contributed by atoms with Gasteiger partial charge in [0.2, 0.25) is 0 Å². The second-order valence-corrected chi connectivity index (χ2v) is 7.05. The summed E-state index contributed by atoms with van der Waals surface area (Å²) in [5.74, 6) is 0.429. The number of hydrogen-bond acceptors (Lipinski definition) is 2. The smallest absolute Gasteiger partial charge is 0.310 e. The second-order valence-electron chi connectivity index (χ2n) is 7.05. The van der Waals surface area contributed by atoms with E-state index < -0.39 is 11.7 Å². The number of benzene rings is 1. The van der Waals surface area contributed by atoms with Crippen molar-refractivity contribution in [2.24, 2.45) is 5.92 Å². The lowest BCUT2D eigenvalue weighted by Gasteiger charge is -2.28. The van der Waals surface area contributed by atoms with Crippen molar-refractivity contribution < 1.29 is 18.0 Å². The zero-order chi connectivity index (χ0) is 18.6. The normalized spacial score (nSPS) is 16.6. The van der Waals surface area contributed by atoms with E-state index in [4.69, 9.17) is 0 Å². The third-order valence-corrected chi connectivity index (χ3v) is 5.15. The first-order valence-electron chi connectivity index (χ1n) is 9.28. The van der Waals surface area contributed by atoms with Gasteiger partial charge >= 0.3 is 6.18 Å². The molecule has 1 N–H and O–H groups in total. The summed E-state index contributed by atoms with van der Waals surface area (Å²) in [6.07, 6.45) is 0.256. The number of alkyl halides is 3. The van der Waals surface area contributed by atoms with Gasteiger partial charge in [-0.1, -0.05) is 20.3 Å². The molecule has 0 amide bonds. The first-order chi connectivity index (χ1) is 11.8. The molecule has 0 aromatic heterocycles. The maximum absolute atomic E-state index is 13.6. The number of Topliss-reactive ketones (excluding diaryl/α,β-unsaturated/α-hetero) is 1. The Labute approximate surface area is 148 Å². The molecular formula is C20H28F3NO. The Morgan fingerprint density at radius 2 is 1.96 bits per heavy atom. The van der Waals surface area contributed by atoms with Gasteiger partial charge in [-0.15, -0.1) is 0 Å². The molecule has 25 heavy (non-hydrogen) atoms. The lowest BCUT2D eigenvalue weighted by Crippen LogP contribution is -2.29. The number of nitrogens with one attached hydrogen (secondary N) is 1. The van der Waals surface area contributed by atoms with Crippen LogP contribution in [0, 0.1) is 5.92 Å². The van der Waals surface area contributed by atoms with Crippen molar-refractivity contribution in [2.45, 2.75) is 71.5 Å².